The normalized spacial score (nSPS) is 23.9. The zero-order valence-corrected chi connectivity index (χ0v) is 41.1. The molecule has 8 rings (SSSR count). The van der Waals surface area contributed by atoms with Gasteiger partial charge in [-0.05, 0) is 52.3 Å². The van der Waals surface area contributed by atoms with Gasteiger partial charge in [-0.15, -0.1) is 11.8 Å². The van der Waals surface area contributed by atoms with Crippen molar-refractivity contribution in [1.82, 2.24) is 0 Å². The van der Waals surface area contributed by atoms with Gasteiger partial charge in [-0.25, -0.2) is 9.59 Å². The van der Waals surface area contributed by atoms with Gasteiger partial charge in [0.2, 0.25) is 0 Å². The van der Waals surface area contributed by atoms with E-state index in [1.165, 1.54) is 18.7 Å². The van der Waals surface area contributed by atoms with E-state index in [4.69, 9.17) is 47.4 Å². The summed E-state index contributed by atoms with van der Waals surface area (Å²) in [6.45, 7) is 3.63. The van der Waals surface area contributed by atoms with Gasteiger partial charge >= 0.3 is 17.9 Å². The molecule has 0 spiro atoms. The largest absolute Gasteiger partial charge is 0.459 e. The molecule has 6 aromatic carbocycles. The van der Waals surface area contributed by atoms with Gasteiger partial charge in [-0.3, -0.25) is 4.79 Å². The van der Waals surface area contributed by atoms with E-state index < -0.39 is 78.5 Å². The van der Waals surface area contributed by atoms with Gasteiger partial charge in [0.25, 0.3) is 0 Å². The smallest absolute Gasteiger partial charge is 0.338 e. The molecule has 0 saturated carbocycles. The molecular formula is C58H60O13S. The van der Waals surface area contributed by atoms with Gasteiger partial charge in [0.1, 0.15) is 48.7 Å². The monoisotopic (exact) mass is 996 g/mol. The fourth-order valence-electron chi connectivity index (χ4n) is 8.52. The molecule has 13 nitrogen and oxygen atoms in total. The third-order valence-electron chi connectivity index (χ3n) is 12.0. The maximum Gasteiger partial charge on any atom is 0.338 e. The average molecular weight is 997 g/mol. The molecule has 0 aliphatic carbocycles. The van der Waals surface area contributed by atoms with Gasteiger partial charge < -0.3 is 47.4 Å². The van der Waals surface area contributed by atoms with Crippen molar-refractivity contribution in [2.45, 2.75) is 101 Å². The second-order valence-electron chi connectivity index (χ2n) is 17.2. The van der Waals surface area contributed by atoms with Crippen LogP contribution in [0.4, 0.5) is 0 Å². The van der Waals surface area contributed by atoms with Crippen LogP contribution in [0.1, 0.15) is 56.8 Å². The molecule has 0 bridgehead atoms. The van der Waals surface area contributed by atoms with Gasteiger partial charge in [-0.1, -0.05) is 165 Å². The third-order valence-corrected chi connectivity index (χ3v) is 13.0. The number of benzene rings is 6. The van der Waals surface area contributed by atoms with Crippen LogP contribution in [0.3, 0.4) is 0 Å². The van der Waals surface area contributed by atoms with Crippen LogP contribution in [0, 0.1) is 0 Å². The summed E-state index contributed by atoms with van der Waals surface area (Å²) in [6.07, 6.45) is -9.87. The Morgan fingerprint density at radius 2 is 0.903 bits per heavy atom. The van der Waals surface area contributed by atoms with Crippen molar-refractivity contribution in [2.75, 3.05) is 19.0 Å². The molecule has 0 radical (unpaired) electrons. The van der Waals surface area contributed by atoms with Crippen molar-refractivity contribution in [1.29, 1.82) is 0 Å². The molecule has 6 aromatic rings. The highest BCUT2D eigenvalue weighted by atomic mass is 32.2. The molecule has 10 atom stereocenters. The Bertz CT molecular complexity index is 2540. The number of ether oxygens (including phenoxy) is 10. The van der Waals surface area contributed by atoms with Crippen molar-refractivity contribution < 1.29 is 61.8 Å². The van der Waals surface area contributed by atoms with Crippen LogP contribution in [0.15, 0.2) is 182 Å². The van der Waals surface area contributed by atoms with Crippen LogP contribution >= 0.6 is 11.8 Å². The highest BCUT2D eigenvalue weighted by Gasteiger charge is 2.56. The van der Waals surface area contributed by atoms with Gasteiger partial charge in [0, 0.05) is 6.92 Å². The van der Waals surface area contributed by atoms with E-state index in [0.717, 1.165) is 22.3 Å². The molecule has 0 N–H and O–H groups in total. The van der Waals surface area contributed by atoms with Crippen LogP contribution in [0.25, 0.3) is 0 Å². The third kappa shape index (κ3) is 14.7. The maximum absolute atomic E-state index is 14.2. The Morgan fingerprint density at radius 3 is 1.40 bits per heavy atom. The number of hydrogen-bond acceptors (Lipinski definition) is 14. The number of hydrogen-bond donors (Lipinski definition) is 0. The molecule has 72 heavy (non-hydrogen) atoms. The minimum absolute atomic E-state index is 0.0325. The Kier molecular flexibility index (Phi) is 19.6. The first kappa shape index (κ1) is 52.1. The average Bonchev–Trinajstić information content (AvgIpc) is 3.42. The molecule has 0 aromatic heterocycles. The van der Waals surface area contributed by atoms with Crippen molar-refractivity contribution in [3.63, 3.8) is 0 Å². The molecule has 2 aliphatic heterocycles. The first-order chi connectivity index (χ1) is 35.3. The Labute approximate surface area is 424 Å². The first-order valence-electron chi connectivity index (χ1n) is 24.1. The van der Waals surface area contributed by atoms with Crippen LogP contribution in [0.2, 0.25) is 0 Å². The fraction of sp³-hybridized carbons (Fsp3) is 0.328. The summed E-state index contributed by atoms with van der Waals surface area (Å²) in [5.41, 5.74) is 3.34. The number of esters is 3. The molecule has 2 heterocycles. The summed E-state index contributed by atoms with van der Waals surface area (Å²) in [7, 11) is 0. The summed E-state index contributed by atoms with van der Waals surface area (Å²) in [5, 5.41) is 0. The van der Waals surface area contributed by atoms with Crippen molar-refractivity contribution in [3.8, 4) is 0 Å². The predicted molar refractivity (Wildman–Crippen MR) is 269 cm³/mol. The fourth-order valence-corrected chi connectivity index (χ4v) is 9.47. The molecular weight excluding hydrogens is 937 g/mol. The Hall–Kier alpha value is -6.20. The van der Waals surface area contributed by atoms with E-state index in [9.17, 15) is 14.4 Å². The van der Waals surface area contributed by atoms with Crippen LogP contribution in [-0.4, -0.2) is 97.4 Å². The second-order valence-corrected chi connectivity index (χ2v) is 18.6. The topological polar surface area (TPSA) is 144 Å². The first-order valence-corrected chi connectivity index (χ1v) is 25.2. The van der Waals surface area contributed by atoms with E-state index in [-0.39, 0.29) is 45.2 Å². The van der Waals surface area contributed by atoms with Gasteiger partial charge in [0.15, 0.2) is 18.5 Å². The molecule has 376 valence electrons. The predicted octanol–water partition coefficient (Wildman–Crippen LogP) is 9.56. The summed E-state index contributed by atoms with van der Waals surface area (Å²) in [5.74, 6) is -1.44. The van der Waals surface area contributed by atoms with E-state index in [1.807, 2.05) is 128 Å². The Balaban J connectivity index is 1.21. The highest BCUT2D eigenvalue weighted by Crippen LogP contribution is 2.39. The lowest BCUT2D eigenvalue weighted by Crippen LogP contribution is -2.66. The van der Waals surface area contributed by atoms with E-state index in [1.54, 1.807) is 60.7 Å². The molecule has 0 amide bonds. The molecule has 14 heteroatoms. The standard InChI is InChI=1S/C58H60O13S/c1-3-72-58-54(70-56(61)46-32-20-9-21-33-46)52(50(67-40(2)59)48(69-58)39-66-55(60)45-30-18-8-19-31-45)71-57-53(65-37-44-28-16-7-17-29-44)51(64-36-43-26-14-6-15-27-43)49(63-35-42-24-12-5-13-25-42)47(68-57)38-62-34-41-22-10-4-11-23-41/h4-33,47-54,57-58H,3,34-39H2,1-2H3. The van der Waals surface area contributed by atoms with Crippen molar-refractivity contribution in [3.05, 3.63) is 215 Å². The van der Waals surface area contributed by atoms with Crippen LogP contribution in [0.5, 0.6) is 0 Å². The number of carbonyl (C=O) groups is 3. The molecule has 2 fully saturated rings. The maximum atomic E-state index is 14.2. The highest BCUT2D eigenvalue weighted by molar-refractivity contribution is 7.99. The second kappa shape index (κ2) is 27.0. The lowest BCUT2D eigenvalue weighted by Gasteiger charge is -2.49. The lowest BCUT2D eigenvalue weighted by atomic mass is 9.96. The number of carbonyl (C=O) groups excluding carboxylic acids is 3. The SMILES string of the molecule is CCSC1OC(COC(=O)c2ccccc2)C(OC(C)=O)C(OC2OC(COCc3ccccc3)C(OCc3ccccc3)C(OCc3ccccc3)C2OCc2ccccc2)C1OC(=O)c1ccccc1. The summed E-state index contributed by atoms with van der Waals surface area (Å²) >= 11 is 1.35. The van der Waals surface area contributed by atoms with Crippen LogP contribution < -0.4 is 0 Å². The quantitative estimate of drug-likeness (QED) is 0.0444. The van der Waals surface area contributed by atoms with Crippen molar-refractivity contribution >= 4 is 29.7 Å². The van der Waals surface area contributed by atoms with Gasteiger partial charge in [-0.2, -0.15) is 0 Å². The number of rotatable bonds is 23. The van der Waals surface area contributed by atoms with Crippen LogP contribution in [-0.2, 0) is 78.6 Å². The molecule has 2 aliphatic rings. The lowest BCUT2D eigenvalue weighted by molar-refractivity contribution is -0.355. The van der Waals surface area contributed by atoms with E-state index in [0.29, 0.717) is 11.3 Å². The summed E-state index contributed by atoms with van der Waals surface area (Å²) in [6, 6.07) is 56.1. The van der Waals surface area contributed by atoms with Gasteiger partial charge in [0.05, 0.1) is 44.2 Å². The summed E-state index contributed by atoms with van der Waals surface area (Å²) in [4.78, 5) is 40.9. The van der Waals surface area contributed by atoms with E-state index >= 15 is 0 Å². The van der Waals surface area contributed by atoms with Crippen molar-refractivity contribution in [2.24, 2.45) is 0 Å². The molecule has 2 saturated heterocycles. The zero-order chi connectivity index (χ0) is 49.9. The number of thioether (sulfide) groups is 1. The zero-order valence-electron chi connectivity index (χ0n) is 40.3. The van der Waals surface area contributed by atoms with E-state index in [2.05, 4.69) is 0 Å². The molecule has 10 unspecified atom stereocenters. The Morgan fingerprint density at radius 1 is 0.458 bits per heavy atom. The minimum atomic E-state index is -1.32. The minimum Gasteiger partial charge on any atom is -0.459 e. The summed E-state index contributed by atoms with van der Waals surface area (Å²) < 4.78 is 66.7.